The fraction of sp³-hybridized carbons (Fsp3) is 0.222. The molecule has 0 saturated carbocycles. The summed E-state index contributed by atoms with van der Waals surface area (Å²) in [4.78, 5) is 18.4. The van der Waals surface area contributed by atoms with Crippen LogP contribution in [0.5, 0.6) is 5.75 Å². The summed E-state index contributed by atoms with van der Waals surface area (Å²) >= 11 is 3.50. The lowest BCUT2D eigenvalue weighted by molar-refractivity contribution is -0.112. The van der Waals surface area contributed by atoms with Crippen LogP contribution in [0.1, 0.15) is 11.1 Å². The van der Waals surface area contributed by atoms with Crippen LogP contribution in [0.4, 0.5) is 0 Å². The topological polar surface area (TPSA) is 67.9 Å². The van der Waals surface area contributed by atoms with Crippen molar-refractivity contribution in [1.29, 1.82) is 0 Å². The van der Waals surface area contributed by atoms with E-state index in [1.807, 2.05) is 48.5 Å². The normalized spacial score (nSPS) is 23.0. The van der Waals surface area contributed by atoms with E-state index in [2.05, 4.69) is 15.9 Å². The highest BCUT2D eigenvalue weighted by Gasteiger charge is 2.51. The molecule has 124 valence electrons. The van der Waals surface area contributed by atoms with Crippen LogP contribution in [0.2, 0.25) is 0 Å². The number of benzene rings is 2. The van der Waals surface area contributed by atoms with Crippen molar-refractivity contribution in [1.82, 2.24) is 4.90 Å². The smallest absolute Gasteiger partial charge is 0.193 e. The Hall–Kier alpha value is -2.34. The molecule has 2 unspecified atom stereocenters. The maximum Gasteiger partial charge on any atom is 0.193 e. The third-order valence-electron chi connectivity index (χ3n) is 4.41. The summed E-state index contributed by atoms with van der Waals surface area (Å²) < 4.78 is 6.45. The molecule has 0 bridgehead atoms. The summed E-state index contributed by atoms with van der Waals surface area (Å²) in [5, 5.41) is 0. The molecule has 1 heterocycles. The van der Waals surface area contributed by atoms with E-state index in [1.54, 1.807) is 19.1 Å². The van der Waals surface area contributed by atoms with Gasteiger partial charge in [0.05, 0.1) is 7.11 Å². The quantitative estimate of drug-likeness (QED) is 0.818. The zero-order chi connectivity index (χ0) is 17.3. The first-order valence-corrected chi connectivity index (χ1v) is 8.27. The summed E-state index contributed by atoms with van der Waals surface area (Å²) in [6.45, 7) is 0. The molecule has 2 aromatic rings. The molecule has 0 aliphatic carbocycles. The van der Waals surface area contributed by atoms with Crippen LogP contribution in [-0.4, -0.2) is 37.3 Å². The fourth-order valence-electron chi connectivity index (χ4n) is 3.23. The third kappa shape index (κ3) is 2.38. The zero-order valence-electron chi connectivity index (χ0n) is 13.4. The zero-order valence-corrected chi connectivity index (χ0v) is 15.0. The van der Waals surface area contributed by atoms with Crippen molar-refractivity contribution in [2.45, 2.75) is 11.6 Å². The van der Waals surface area contributed by atoms with Gasteiger partial charge in [-0.3, -0.25) is 0 Å². The third-order valence-corrected chi connectivity index (χ3v) is 4.90. The van der Waals surface area contributed by atoms with E-state index in [0.717, 1.165) is 21.9 Å². The Kier molecular flexibility index (Phi) is 4.32. The number of carbonyl (C=O) groups is 1. The predicted molar refractivity (Wildman–Crippen MR) is 97.2 cm³/mol. The van der Waals surface area contributed by atoms with Gasteiger partial charge in [-0.05, 0) is 23.8 Å². The minimum absolute atomic E-state index is 0.318. The monoisotopic (exact) mass is 387 g/mol. The van der Waals surface area contributed by atoms with Crippen LogP contribution in [0.25, 0.3) is 0 Å². The number of para-hydroxylation sites is 1. The largest absolute Gasteiger partial charge is 0.496 e. The van der Waals surface area contributed by atoms with Crippen LogP contribution in [-0.2, 0) is 10.3 Å². The maximum atomic E-state index is 12.0. The molecule has 1 aliphatic rings. The van der Waals surface area contributed by atoms with E-state index in [1.165, 1.54) is 0 Å². The number of carbonyl (C=O) groups excluding carboxylic acids is 1. The lowest BCUT2D eigenvalue weighted by Gasteiger charge is -2.34. The average Bonchev–Trinajstić information content (AvgIpc) is 2.86. The van der Waals surface area contributed by atoms with Crippen molar-refractivity contribution in [3.8, 4) is 5.75 Å². The van der Waals surface area contributed by atoms with E-state index in [4.69, 9.17) is 15.5 Å². The first kappa shape index (κ1) is 16.5. The van der Waals surface area contributed by atoms with Gasteiger partial charge in [-0.15, -0.1) is 0 Å². The molecule has 0 amide bonds. The standard InChI is InChI=1S/C18H18BrN3O2/c1-22-16(11-23)18(21-17(22)20,12-6-5-7-13(19)10-12)14-8-3-4-9-15(14)24-2/h3-11,16H,1-2H3,(H2,20,21). The summed E-state index contributed by atoms with van der Waals surface area (Å²) in [6.07, 6.45) is 0.886. The maximum absolute atomic E-state index is 12.0. The highest BCUT2D eigenvalue weighted by atomic mass is 79.9. The summed E-state index contributed by atoms with van der Waals surface area (Å²) in [6, 6.07) is 14.8. The molecule has 3 rings (SSSR count). The Bertz CT molecular complexity index is 808. The number of ether oxygens (including phenoxy) is 1. The second-order valence-corrected chi connectivity index (χ2v) is 6.55. The molecule has 0 aromatic heterocycles. The predicted octanol–water partition coefficient (Wildman–Crippen LogP) is 2.53. The second-order valence-electron chi connectivity index (χ2n) is 5.64. The Morgan fingerprint density at radius 1 is 1.29 bits per heavy atom. The van der Waals surface area contributed by atoms with Crippen LogP contribution < -0.4 is 10.5 Å². The van der Waals surface area contributed by atoms with E-state index in [0.29, 0.717) is 11.7 Å². The van der Waals surface area contributed by atoms with Gasteiger partial charge in [0.2, 0.25) is 0 Å². The minimum Gasteiger partial charge on any atom is -0.496 e. The van der Waals surface area contributed by atoms with Crippen molar-refractivity contribution in [3.63, 3.8) is 0 Å². The molecule has 0 saturated heterocycles. The molecule has 24 heavy (non-hydrogen) atoms. The number of methoxy groups -OCH3 is 1. The van der Waals surface area contributed by atoms with Crippen LogP contribution in [0, 0.1) is 0 Å². The number of rotatable bonds is 4. The highest BCUT2D eigenvalue weighted by molar-refractivity contribution is 9.10. The molecular formula is C18H18BrN3O2. The molecule has 1 aliphatic heterocycles. The Morgan fingerprint density at radius 2 is 2.04 bits per heavy atom. The molecule has 6 heteroatoms. The molecule has 5 nitrogen and oxygen atoms in total. The first-order chi connectivity index (χ1) is 11.5. The molecule has 0 spiro atoms. The average molecular weight is 388 g/mol. The number of nitrogens with two attached hydrogens (primary N) is 1. The van der Waals surface area contributed by atoms with Crippen molar-refractivity contribution < 1.29 is 9.53 Å². The number of hydrogen-bond acceptors (Lipinski definition) is 5. The Labute approximate surface area is 149 Å². The van der Waals surface area contributed by atoms with E-state index in [9.17, 15) is 4.79 Å². The van der Waals surface area contributed by atoms with E-state index < -0.39 is 11.6 Å². The van der Waals surface area contributed by atoms with Gasteiger partial charge in [0, 0.05) is 17.1 Å². The van der Waals surface area contributed by atoms with Crippen LogP contribution in [0.3, 0.4) is 0 Å². The van der Waals surface area contributed by atoms with Crippen LogP contribution in [0.15, 0.2) is 58.0 Å². The van der Waals surface area contributed by atoms with Gasteiger partial charge in [-0.25, -0.2) is 4.99 Å². The van der Waals surface area contributed by atoms with Gasteiger partial charge in [-0.2, -0.15) is 0 Å². The van der Waals surface area contributed by atoms with Gasteiger partial charge in [0.15, 0.2) is 5.96 Å². The van der Waals surface area contributed by atoms with Crippen molar-refractivity contribution in [2.24, 2.45) is 10.7 Å². The number of likely N-dealkylation sites (N-methyl/N-ethyl adjacent to an activating group) is 1. The van der Waals surface area contributed by atoms with E-state index >= 15 is 0 Å². The molecular weight excluding hydrogens is 370 g/mol. The van der Waals surface area contributed by atoms with Crippen molar-refractivity contribution >= 4 is 28.2 Å². The molecule has 2 N–H and O–H groups in total. The van der Waals surface area contributed by atoms with Crippen LogP contribution >= 0.6 is 15.9 Å². The summed E-state index contributed by atoms with van der Waals surface area (Å²) in [7, 11) is 3.38. The van der Waals surface area contributed by atoms with Gasteiger partial charge in [-0.1, -0.05) is 46.3 Å². The lowest BCUT2D eigenvalue weighted by Crippen LogP contribution is -2.46. The molecule has 0 radical (unpaired) electrons. The number of guanidine groups is 1. The number of aldehydes is 1. The summed E-state index contributed by atoms with van der Waals surface area (Å²) in [5.74, 6) is 0.981. The summed E-state index contributed by atoms with van der Waals surface area (Å²) in [5.41, 5.74) is 6.79. The number of nitrogens with zero attached hydrogens (tertiary/aromatic N) is 2. The molecule has 0 fully saturated rings. The lowest BCUT2D eigenvalue weighted by atomic mass is 9.77. The first-order valence-electron chi connectivity index (χ1n) is 7.47. The Morgan fingerprint density at radius 3 is 2.71 bits per heavy atom. The van der Waals surface area contributed by atoms with Gasteiger partial charge in [0.25, 0.3) is 0 Å². The fourth-order valence-corrected chi connectivity index (χ4v) is 3.63. The van der Waals surface area contributed by atoms with Gasteiger partial charge >= 0.3 is 0 Å². The van der Waals surface area contributed by atoms with Gasteiger partial charge in [0.1, 0.15) is 23.6 Å². The molecule has 2 aromatic carbocycles. The van der Waals surface area contributed by atoms with E-state index in [-0.39, 0.29) is 0 Å². The molecule has 2 atom stereocenters. The second kappa shape index (κ2) is 6.28. The van der Waals surface area contributed by atoms with Crippen molar-refractivity contribution in [3.05, 3.63) is 64.1 Å². The van der Waals surface area contributed by atoms with Crippen molar-refractivity contribution in [2.75, 3.05) is 14.2 Å². The minimum atomic E-state index is -0.961. The Balaban J connectivity index is 2.36. The SMILES string of the molecule is COc1ccccc1C1(c2cccc(Br)c2)N=C(N)N(C)C1C=O. The number of hydrogen-bond donors (Lipinski definition) is 1. The highest BCUT2D eigenvalue weighted by Crippen LogP contribution is 2.46. The number of halogens is 1. The van der Waals surface area contributed by atoms with Gasteiger partial charge < -0.3 is 20.2 Å². The number of aliphatic imine (C=N–C) groups is 1.